The van der Waals surface area contributed by atoms with Crippen LogP contribution >= 0.6 is 0 Å². The van der Waals surface area contributed by atoms with Crippen LogP contribution in [0.1, 0.15) is 44.1 Å². The summed E-state index contributed by atoms with van der Waals surface area (Å²) in [5.74, 6) is -1.59. The topological polar surface area (TPSA) is 80.4 Å². The molecule has 0 unspecified atom stereocenters. The van der Waals surface area contributed by atoms with Gasteiger partial charge in [0.2, 0.25) is 0 Å². The van der Waals surface area contributed by atoms with Gasteiger partial charge >= 0.3 is 5.97 Å². The number of carbonyl (C=O) groups is 1. The van der Waals surface area contributed by atoms with Crippen LogP contribution in [-0.2, 0) is 11.2 Å². The highest BCUT2D eigenvalue weighted by Crippen LogP contribution is 2.39. The molecule has 0 atom stereocenters. The van der Waals surface area contributed by atoms with E-state index in [1.807, 2.05) is 0 Å². The lowest BCUT2D eigenvalue weighted by atomic mass is 9.75. The molecule has 0 aliphatic heterocycles. The Balaban J connectivity index is 2.32. The molecule has 0 amide bonds. The summed E-state index contributed by atoms with van der Waals surface area (Å²) in [5.41, 5.74) is -0.886. The second-order valence-electron chi connectivity index (χ2n) is 5.75. The number of nitro groups is 1. The molecule has 1 fully saturated rings. The highest BCUT2D eigenvalue weighted by Gasteiger charge is 2.39. The van der Waals surface area contributed by atoms with Gasteiger partial charge in [-0.15, -0.1) is 0 Å². The number of nitro benzene ring substituents is 1. The fraction of sp³-hybridized carbons (Fsp3) is 0.533. The predicted octanol–water partition coefficient (Wildman–Crippen LogP) is 3.70. The van der Waals surface area contributed by atoms with Crippen molar-refractivity contribution in [1.82, 2.24) is 0 Å². The number of aliphatic carboxylic acids is 1. The molecule has 1 aromatic carbocycles. The average molecular weight is 295 g/mol. The summed E-state index contributed by atoms with van der Waals surface area (Å²) in [5, 5.41) is 20.4. The van der Waals surface area contributed by atoms with Gasteiger partial charge in [-0.2, -0.15) is 0 Å². The van der Waals surface area contributed by atoms with Gasteiger partial charge in [0, 0.05) is 6.07 Å². The first-order valence-electron chi connectivity index (χ1n) is 7.10. The first kappa shape index (κ1) is 15.4. The van der Waals surface area contributed by atoms with Gasteiger partial charge in [0.25, 0.3) is 5.69 Å². The lowest BCUT2D eigenvalue weighted by Gasteiger charge is -2.28. The standard InChI is InChI=1S/C15H18FNO4/c16-12-7-11(8-13(9-12)17(20)21)10-15(14(18)19)5-3-1-2-4-6-15/h7-9H,1-6,10H2,(H,18,19). The molecule has 0 bridgehead atoms. The Bertz CT molecular complexity index is 551. The molecule has 5 nitrogen and oxygen atoms in total. The van der Waals surface area contributed by atoms with Crippen LogP contribution < -0.4 is 0 Å². The molecule has 0 radical (unpaired) electrons. The van der Waals surface area contributed by atoms with E-state index in [0.717, 1.165) is 31.7 Å². The van der Waals surface area contributed by atoms with Crippen molar-refractivity contribution < 1.29 is 19.2 Å². The third-order valence-corrected chi connectivity index (χ3v) is 4.21. The summed E-state index contributed by atoms with van der Waals surface area (Å²) in [6, 6.07) is 3.32. The number of hydrogen-bond donors (Lipinski definition) is 1. The van der Waals surface area contributed by atoms with Crippen molar-refractivity contribution in [2.75, 3.05) is 0 Å². The maximum absolute atomic E-state index is 13.5. The van der Waals surface area contributed by atoms with Crippen molar-refractivity contribution in [3.8, 4) is 0 Å². The monoisotopic (exact) mass is 295 g/mol. The Kier molecular flexibility index (Phi) is 4.55. The van der Waals surface area contributed by atoms with Gasteiger partial charge in [-0.1, -0.05) is 25.7 Å². The SMILES string of the molecule is O=C(O)C1(Cc2cc(F)cc([N+](=O)[O-])c2)CCCCCC1. The molecular weight excluding hydrogens is 277 g/mol. The number of benzene rings is 1. The van der Waals surface area contributed by atoms with Crippen LogP contribution in [-0.4, -0.2) is 16.0 Å². The predicted molar refractivity (Wildman–Crippen MR) is 74.5 cm³/mol. The van der Waals surface area contributed by atoms with Gasteiger partial charge in [-0.05, 0) is 30.9 Å². The number of carboxylic acids is 1. The van der Waals surface area contributed by atoms with Crippen LogP contribution in [0.2, 0.25) is 0 Å². The number of non-ortho nitro benzene ring substituents is 1. The third-order valence-electron chi connectivity index (χ3n) is 4.21. The molecule has 6 heteroatoms. The van der Waals surface area contributed by atoms with Crippen LogP contribution in [0.25, 0.3) is 0 Å². The quantitative estimate of drug-likeness (QED) is 0.521. The molecule has 114 valence electrons. The van der Waals surface area contributed by atoms with Crippen LogP contribution in [0.4, 0.5) is 10.1 Å². The average Bonchev–Trinajstić information content (AvgIpc) is 2.64. The smallest absolute Gasteiger partial charge is 0.309 e. The van der Waals surface area contributed by atoms with Crippen molar-refractivity contribution in [2.24, 2.45) is 5.41 Å². The Morgan fingerprint density at radius 3 is 2.38 bits per heavy atom. The maximum Gasteiger partial charge on any atom is 0.309 e. The van der Waals surface area contributed by atoms with Gasteiger partial charge in [0.15, 0.2) is 0 Å². The highest BCUT2D eigenvalue weighted by molar-refractivity contribution is 5.75. The minimum atomic E-state index is -0.932. The molecule has 1 N–H and O–H groups in total. The van der Waals surface area contributed by atoms with Gasteiger partial charge in [-0.25, -0.2) is 4.39 Å². The first-order chi connectivity index (χ1) is 9.93. The van der Waals surface area contributed by atoms with Crippen molar-refractivity contribution in [1.29, 1.82) is 0 Å². The zero-order valence-corrected chi connectivity index (χ0v) is 11.7. The van der Waals surface area contributed by atoms with E-state index in [0.29, 0.717) is 18.4 Å². The minimum Gasteiger partial charge on any atom is -0.481 e. The molecule has 1 aliphatic carbocycles. The molecular formula is C15H18FNO4. The summed E-state index contributed by atoms with van der Waals surface area (Å²) in [4.78, 5) is 21.8. The van der Waals surface area contributed by atoms with Crippen molar-refractivity contribution >= 4 is 11.7 Å². The summed E-state index contributed by atoms with van der Waals surface area (Å²) < 4.78 is 13.5. The number of carboxylic acid groups (broad SMARTS) is 1. The summed E-state index contributed by atoms with van der Waals surface area (Å²) in [6.07, 6.45) is 4.85. The Morgan fingerprint density at radius 2 is 1.86 bits per heavy atom. The summed E-state index contributed by atoms with van der Waals surface area (Å²) in [7, 11) is 0. The molecule has 0 heterocycles. The van der Waals surface area contributed by atoms with Crippen molar-refractivity contribution in [2.45, 2.75) is 44.9 Å². The van der Waals surface area contributed by atoms with E-state index in [1.165, 1.54) is 12.1 Å². The van der Waals surface area contributed by atoms with Gasteiger partial charge in [-0.3, -0.25) is 14.9 Å². The first-order valence-corrected chi connectivity index (χ1v) is 7.10. The largest absolute Gasteiger partial charge is 0.481 e. The van der Waals surface area contributed by atoms with E-state index in [1.54, 1.807) is 0 Å². The normalized spacial score (nSPS) is 18.0. The summed E-state index contributed by atoms with van der Waals surface area (Å²) in [6.45, 7) is 0. The Hall–Kier alpha value is -1.98. The molecule has 21 heavy (non-hydrogen) atoms. The van der Waals surface area contributed by atoms with Crippen LogP contribution in [0, 0.1) is 21.3 Å². The molecule has 1 aliphatic rings. The number of halogens is 1. The zero-order chi connectivity index (χ0) is 15.5. The van der Waals surface area contributed by atoms with Crippen molar-refractivity contribution in [3.63, 3.8) is 0 Å². The molecule has 1 aromatic rings. The molecule has 0 aromatic heterocycles. The van der Waals surface area contributed by atoms with E-state index >= 15 is 0 Å². The van der Waals surface area contributed by atoms with E-state index in [4.69, 9.17) is 0 Å². The van der Waals surface area contributed by atoms with Gasteiger partial charge in [0.05, 0.1) is 16.4 Å². The molecule has 0 saturated heterocycles. The number of nitrogens with zero attached hydrogens (tertiary/aromatic N) is 1. The van der Waals surface area contributed by atoms with Crippen LogP contribution in [0.3, 0.4) is 0 Å². The van der Waals surface area contributed by atoms with Gasteiger partial charge in [0.1, 0.15) is 5.82 Å². The number of hydrogen-bond acceptors (Lipinski definition) is 3. The zero-order valence-electron chi connectivity index (χ0n) is 11.7. The number of rotatable bonds is 4. The minimum absolute atomic E-state index is 0.140. The second-order valence-corrected chi connectivity index (χ2v) is 5.75. The summed E-state index contributed by atoms with van der Waals surface area (Å²) >= 11 is 0. The van der Waals surface area contributed by atoms with E-state index < -0.39 is 22.1 Å². The van der Waals surface area contributed by atoms with Crippen LogP contribution in [0.15, 0.2) is 18.2 Å². The van der Waals surface area contributed by atoms with E-state index in [2.05, 4.69) is 0 Å². The molecule has 2 rings (SSSR count). The Labute approximate surface area is 121 Å². The lowest BCUT2D eigenvalue weighted by molar-refractivity contribution is -0.385. The fourth-order valence-electron chi connectivity index (χ4n) is 3.10. The van der Waals surface area contributed by atoms with Crippen molar-refractivity contribution in [3.05, 3.63) is 39.7 Å². The lowest BCUT2D eigenvalue weighted by Crippen LogP contribution is -2.33. The highest BCUT2D eigenvalue weighted by atomic mass is 19.1. The molecule has 1 saturated carbocycles. The van der Waals surface area contributed by atoms with Gasteiger partial charge < -0.3 is 5.11 Å². The second kappa shape index (κ2) is 6.20. The third kappa shape index (κ3) is 3.56. The maximum atomic E-state index is 13.5. The Morgan fingerprint density at radius 1 is 1.24 bits per heavy atom. The van der Waals surface area contributed by atoms with E-state index in [-0.39, 0.29) is 12.1 Å². The fourth-order valence-corrected chi connectivity index (χ4v) is 3.10. The van der Waals surface area contributed by atoms with E-state index in [9.17, 15) is 24.4 Å². The molecule has 0 spiro atoms. The van der Waals surface area contributed by atoms with Crippen LogP contribution in [0.5, 0.6) is 0 Å².